The minimum absolute atomic E-state index is 0.00260. The van der Waals surface area contributed by atoms with Crippen molar-refractivity contribution in [2.24, 2.45) is 0 Å². The molecule has 0 saturated heterocycles. The van der Waals surface area contributed by atoms with Gasteiger partial charge in [-0.05, 0) is 37.1 Å². The second-order valence-corrected chi connectivity index (χ2v) is 6.72. The van der Waals surface area contributed by atoms with E-state index in [1.807, 2.05) is 13.8 Å². The van der Waals surface area contributed by atoms with Gasteiger partial charge in [-0.2, -0.15) is 0 Å². The Balaban J connectivity index is 2.51. The topological polar surface area (TPSA) is 72.6 Å². The molecule has 0 atom stereocenters. The third-order valence-corrected chi connectivity index (χ3v) is 4.66. The van der Waals surface area contributed by atoms with Crippen molar-refractivity contribution in [2.45, 2.75) is 26.7 Å². The van der Waals surface area contributed by atoms with Gasteiger partial charge >= 0.3 is 0 Å². The number of anilines is 1. The molecule has 2 N–H and O–H groups in total. The van der Waals surface area contributed by atoms with Crippen LogP contribution in [0, 0.1) is 0 Å². The van der Waals surface area contributed by atoms with Gasteiger partial charge in [0.05, 0.1) is 5.75 Å². The summed E-state index contributed by atoms with van der Waals surface area (Å²) in [5.41, 5.74) is 6.23. The third-order valence-electron chi connectivity index (χ3n) is 2.83. The monoisotopic (exact) mass is 300 g/mol. The number of nitrogens with two attached hydrogens (primary N) is 1. The Morgan fingerprint density at radius 3 is 2.15 bits per heavy atom. The molecule has 0 unspecified atom stereocenters. The van der Waals surface area contributed by atoms with Crippen LogP contribution in [-0.2, 0) is 10.0 Å². The molecule has 0 aliphatic heterocycles. The predicted octanol–water partition coefficient (Wildman–Crippen LogP) is 2.10. The SMILES string of the molecule is CCCN(CCC)S(=O)(=O)CCOc1ccc(N)cc1. The summed E-state index contributed by atoms with van der Waals surface area (Å²) in [6.45, 7) is 5.23. The molecule has 114 valence electrons. The van der Waals surface area contributed by atoms with Crippen LogP contribution in [0.25, 0.3) is 0 Å². The molecule has 20 heavy (non-hydrogen) atoms. The molecular weight excluding hydrogens is 276 g/mol. The van der Waals surface area contributed by atoms with Crippen molar-refractivity contribution in [3.8, 4) is 5.75 Å². The van der Waals surface area contributed by atoms with Crippen molar-refractivity contribution in [2.75, 3.05) is 31.2 Å². The molecule has 1 aromatic carbocycles. The molecule has 0 aromatic heterocycles. The molecule has 5 nitrogen and oxygen atoms in total. The van der Waals surface area contributed by atoms with E-state index in [2.05, 4.69) is 0 Å². The molecular formula is C14H24N2O3S. The van der Waals surface area contributed by atoms with E-state index in [9.17, 15) is 8.42 Å². The lowest BCUT2D eigenvalue weighted by atomic mass is 10.3. The maximum absolute atomic E-state index is 12.2. The summed E-state index contributed by atoms with van der Waals surface area (Å²) in [5, 5.41) is 0. The van der Waals surface area contributed by atoms with Gasteiger partial charge in [-0.3, -0.25) is 0 Å². The highest BCUT2D eigenvalue weighted by molar-refractivity contribution is 7.89. The molecule has 0 heterocycles. The van der Waals surface area contributed by atoms with Crippen molar-refractivity contribution in [3.63, 3.8) is 0 Å². The number of hydrogen-bond acceptors (Lipinski definition) is 4. The first-order valence-corrected chi connectivity index (χ1v) is 8.56. The van der Waals surface area contributed by atoms with Crippen LogP contribution >= 0.6 is 0 Å². The number of nitrogens with zero attached hydrogens (tertiary/aromatic N) is 1. The van der Waals surface area contributed by atoms with Gasteiger partial charge in [0.25, 0.3) is 0 Å². The van der Waals surface area contributed by atoms with Crippen LogP contribution in [-0.4, -0.2) is 38.2 Å². The van der Waals surface area contributed by atoms with Crippen molar-refractivity contribution >= 4 is 15.7 Å². The van der Waals surface area contributed by atoms with E-state index < -0.39 is 10.0 Å². The number of ether oxygens (including phenoxy) is 1. The molecule has 0 aliphatic carbocycles. The highest BCUT2D eigenvalue weighted by Crippen LogP contribution is 2.13. The van der Waals surface area contributed by atoms with Crippen LogP contribution in [0.4, 0.5) is 5.69 Å². The summed E-state index contributed by atoms with van der Waals surface area (Å²) in [7, 11) is -3.24. The lowest BCUT2D eigenvalue weighted by Gasteiger charge is -2.20. The first-order chi connectivity index (χ1) is 9.49. The van der Waals surface area contributed by atoms with Gasteiger partial charge in [-0.1, -0.05) is 13.8 Å². The van der Waals surface area contributed by atoms with Gasteiger partial charge in [0.2, 0.25) is 10.0 Å². The fourth-order valence-corrected chi connectivity index (χ4v) is 3.32. The van der Waals surface area contributed by atoms with Gasteiger partial charge in [0.15, 0.2) is 0 Å². The third kappa shape index (κ3) is 5.38. The van der Waals surface area contributed by atoms with Gasteiger partial charge in [-0.15, -0.1) is 0 Å². The molecule has 0 radical (unpaired) electrons. The van der Waals surface area contributed by atoms with E-state index in [1.165, 1.54) is 0 Å². The van der Waals surface area contributed by atoms with Crippen LogP contribution in [0.15, 0.2) is 24.3 Å². The Kier molecular flexibility index (Phi) is 6.81. The fraction of sp³-hybridized carbons (Fsp3) is 0.571. The second-order valence-electron chi connectivity index (χ2n) is 4.63. The molecule has 0 bridgehead atoms. The standard InChI is InChI=1S/C14H24N2O3S/c1-3-9-16(10-4-2)20(17,18)12-11-19-14-7-5-13(15)6-8-14/h5-8H,3-4,9-12,15H2,1-2H3. The van der Waals surface area contributed by atoms with Crippen LogP contribution in [0.5, 0.6) is 5.75 Å². The predicted molar refractivity (Wildman–Crippen MR) is 82.3 cm³/mol. The summed E-state index contributed by atoms with van der Waals surface area (Å²) >= 11 is 0. The summed E-state index contributed by atoms with van der Waals surface area (Å²) in [4.78, 5) is 0. The molecule has 1 aromatic rings. The van der Waals surface area contributed by atoms with Gasteiger partial charge in [0.1, 0.15) is 12.4 Å². The Bertz CT molecular complexity index is 480. The largest absolute Gasteiger partial charge is 0.492 e. The summed E-state index contributed by atoms with van der Waals surface area (Å²) < 4.78 is 31.3. The Labute approximate surface area is 121 Å². The van der Waals surface area contributed by atoms with E-state index in [1.54, 1.807) is 28.6 Å². The highest BCUT2D eigenvalue weighted by Gasteiger charge is 2.20. The average molecular weight is 300 g/mol. The Morgan fingerprint density at radius 1 is 1.10 bits per heavy atom. The first kappa shape index (κ1) is 16.8. The van der Waals surface area contributed by atoms with Crippen LogP contribution in [0.2, 0.25) is 0 Å². The van der Waals surface area contributed by atoms with E-state index >= 15 is 0 Å². The van der Waals surface area contributed by atoms with Crippen LogP contribution < -0.4 is 10.5 Å². The van der Waals surface area contributed by atoms with Gasteiger partial charge in [0, 0.05) is 18.8 Å². The number of rotatable bonds is 9. The molecule has 0 aliphatic rings. The number of hydrogen-bond donors (Lipinski definition) is 1. The minimum Gasteiger partial charge on any atom is -0.492 e. The smallest absolute Gasteiger partial charge is 0.217 e. The second kappa shape index (κ2) is 8.11. The fourth-order valence-electron chi connectivity index (χ4n) is 1.85. The Hall–Kier alpha value is -1.27. The number of sulfonamides is 1. The summed E-state index contributed by atoms with van der Waals surface area (Å²) in [6, 6.07) is 6.92. The first-order valence-electron chi connectivity index (χ1n) is 6.95. The van der Waals surface area contributed by atoms with Crippen molar-refractivity contribution in [1.29, 1.82) is 0 Å². The molecule has 0 amide bonds. The average Bonchev–Trinajstić information content (AvgIpc) is 2.41. The Morgan fingerprint density at radius 2 is 1.65 bits per heavy atom. The summed E-state index contributed by atoms with van der Waals surface area (Å²) in [6.07, 6.45) is 1.64. The molecule has 6 heteroatoms. The van der Waals surface area contributed by atoms with Gasteiger partial charge < -0.3 is 10.5 Å². The lowest BCUT2D eigenvalue weighted by molar-refractivity contribution is 0.333. The van der Waals surface area contributed by atoms with E-state index in [4.69, 9.17) is 10.5 Å². The maximum atomic E-state index is 12.2. The number of benzene rings is 1. The van der Waals surface area contributed by atoms with Crippen LogP contribution in [0.3, 0.4) is 0 Å². The normalized spacial score (nSPS) is 11.8. The zero-order valence-electron chi connectivity index (χ0n) is 12.2. The zero-order chi connectivity index (χ0) is 15.0. The molecule has 0 spiro atoms. The van der Waals surface area contributed by atoms with E-state index in [0.29, 0.717) is 24.5 Å². The lowest BCUT2D eigenvalue weighted by Crippen LogP contribution is -2.36. The summed E-state index contributed by atoms with van der Waals surface area (Å²) in [5.74, 6) is 0.629. The number of nitrogen functional groups attached to an aromatic ring is 1. The highest BCUT2D eigenvalue weighted by atomic mass is 32.2. The maximum Gasteiger partial charge on any atom is 0.217 e. The van der Waals surface area contributed by atoms with Crippen molar-refractivity contribution in [3.05, 3.63) is 24.3 Å². The molecule has 0 fully saturated rings. The van der Waals surface area contributed by atoms with Gasteiger partial charge in [-0.25, -0.2) is 12.7 Å². The molecule has 0 saturated carbocycles. The van der Waals surface area contributed by atoms with E-state index in [0.717, 1.165) is 12.8 Å². The molecule has 1 rings (SSSR count). The van der Waals surface area contributed by atoms with Crippen LogP contribution in [0.1, 0.15) is 26.7 Å². The van der Waals surface area contributed by atoms with Crippen molar-refractivity contribution in [1.82, 2.24) is 4.31 Å². The quantitative estimate of drug-likeness (QED) is 0.709. The van der Waals surface area contributed by atoms with E-state index in [-0.39, 0.29) is 12.4 Å². The van der Waals surface area contributed by atoms with Crippen molar-refractivity contribution < 1.29 is 13.2 Å². The minimum atomic E-state index is -3.24. The zero-order valence-corrected chi connectivity index (χ0v) is 13.0.